The minimum atomic E-state index is -1.48. The number of fused-ring (bicyclic) bond motifs is 3. The monoisotopic (exact) mass is 1010 g/mol. The van der Waals surface area contributed by atoms with E-state index in [1.807, 2.05) is 118 Å². The predicted octanol–water partition coefficient (Wildman–Crippen LogP) is 7.70. The molecule has 1 aliphatic carbocycles. The molecule has 72 heavy (non-hydrogen) atoms. The molecule has 0 bridgehead atoms. The highest BCUT2D eigenvalue weighted by molar-refractivity contribution is 5.94. The van der Waals surface area contributed by atoms with E-state index in [2.05, 4.69) is 26.6 Å². The predicted molar refractivity (Wildman–Crippen MR) is 276 cm³/mol. The number of alkyl carbamates (subject to hydrolysis) is 1. The number of hydrogen-bond donors (Lipinski definition) is 5. The van der Waals surface area contributed by atoms with E-state index in [9.17, 15) is 33.6 Å². The van der Waals surface area contributed by atoms with Crippen molar-refractivity contribution < 1.29 is 57.2 Å². The van der Waals surface area contributed by atoms with Crippen LogP contribution in [0.15, 0.2) is 48.5 Å². The van der Waals surface area contributed by atoms with Gasteiger partial charge in [-0.2, -0.15) is 0 Å². The summed E-state index contributed by atoms with van der Waals surface area (Å²) in [6.45, 7) is 29.4. The zero-order valence-corrected chi connectivity index (χ0v) is 45.9. The van der Waals surface area contributed by atoms with Crippen molar-refractivity contribution in [3.8, 4) is 11.1 Å². The molecular weight excluding hydrogens is 923 g/mol. The van der Waals surface area contributed by atoms with Gasteiger partial charge in [0.15, 0.2) is 0 Å². The van der Waals surface area contributed by atoms with Gasteiger partial charge >= 0.3 is 18.0 Å². The van der Waals surface area contributed by atoms with E-state index < -0.39 is 93.3 Å². The van der Waals surface area contributed by atoms with Gasteiger partial charge in [0.2, 0.25) is 23.6 Å². The summed E-state index contributed by atoms with van der Waals surface area (Å²) in [5.41, 5.74) is -0.172. The molecule has 0 unspecified atom stereocenters. The molecule has 0 saturated carbocycles. The average molecular weight is 1010 g/mol. The number of ether oxygens (including phenoxy) is 5. The van der Waals surface area contributed by atoms with Gasteiger partial charge in [-0.25, -0.2) is 4.79 Å². The molecule has 0 fully saturated rings. The number of nitrogens with one attached hydrogen (secondary N) is 5. The number of hydrogen-bond acceptors (Lipinski definition) is 12. The molecule has 0 aromatic heterocycles. The van der Waals surface area contributed by atoms with Crippen molar-refractivity contribution >= 4 is 41.7 Å². The van der Waals surface area contributed by atoms with Crippen LogP contribution in [0, 0.1) is 0 Å². The second-order valence-electron chi connectivity index (χ2n) is 23.9. The fourth-order valence-corrected chi connectivity index (χ4v) is 7.69. The molecule has 402 valence electrons. The van der Waals surface area contributed by atoms with Crippen LogP contribution in [0.25, 0.3) is 11.1 Å². The molecule has 17 heteroatoms. The van der Waals surface area contributed by atoms with Gasteiger partial charge in [0, 0.05) is 37.3 Å². The minimum absolute atomic E-state index is 0.0642. The van der Waals surface area contributed by atoms with Crippen LogP contribution in [0.3, 0.4) is 0 Å². The van der Waals surface area contributed by atoms with E-state index in [0.29, 0.717) is 13.0 Å². The maximum absolute atomic E-state index is 14.5. The molecule has 17 nitrogen and oxygen atoms in total. The molecule has 0 radical (unpaired) electrons. The highest BCUT2D eigenvalue weighted by Gasteiger charge is 2.35. The maximum Gasteiger partial charge on any atom is 0.407 e. The van der Waals surface area contributed by atoms with Crippen LogP contribution < -0.4 is 26.6 Å². The van der Waals surface area contributed by atoms with Crippen molar-refractivity contribution in [2.75, 3.05) is 19.8 Å². The molecule has 0 saturated heterocycles. The Kier molecular flexibility index (Phi) is 21.4. The highest BCUT2D eigenvalue weighted by Crippen LogP contribution is 2.44. The van der Waals surface area contributed by atoms with E-state index in [4.69, 9.17) is 23.7 Å². The highest BCUT2D eigenvalue weighted by atomic mass is 16.6. The van der Waals surface area contributed by atoms with Gasteiger partial charge in [0.1, 0.15) is 35.9 Å². The fourth-order valence-electron chi connectivity index (χ4n) is 7.69. The molecular formula is C55H85N5O12. The Morgan fingerprint density at radius 2 is 0.931 bits per heavy atom. The first-order valence-corrected chi connectivity index (χ1v) is 25.1. The van der Waals surface area contributed by atoms with Crippen molar-refractivity contribution in [2.45, 2.75) is 213 Å². The Morgan fingerprint density at radius 3 is 1.39 bits per heavy atom. The van der Waals surface area contributed by atoms with E-state index >= 15 is 0 Å². The van der Waals surface area contributed by atoms with E-state index in [1.54, 1.807) is 41.5 Å². The molecule has 2 aromatic rings. The summed E-state index contributed by atoms with van der Waals surface area (Å²) >= 11 is 0. The molecule has 3 rings (SSSR count). The number of carbonyl (C=O) groups excluding carboxylic acids is 7. The Hall–Kier alpha value is -5.55. The normalized spacial score (nSPS) is 14.4. The van der Waals surface area contributed by atoms with Gasteiger partial charge in [-0.15, -0.1) is 0 Å². The lowest BCUT2D eigenvalue weighted by Crippen LogP contribution is -2.58. The summed E-state index contributed by atoms with van der Waals surface area (Å²) in [5, 5.41) is 13.9. The first kappa shape index (κ1) is 60.8. The lowest BCUT2D eigenvalue weighted by Gasteiger charge is -2.32. The zero-order valence-electron chi connectivity index (χ0n) is 45.9. The van der Waals surface area contributed by atoms with Gasteiger partial charge < -0.3 is 50.3 Å². The van der Waals surface area contributed by atoms with Crippen molar-refractivity contribution in [2.24, 2.45) is 0 Å². The third kappa shape index (κ3) is 22.5. The summed E-state index contributed by atoms with van der Waals surface area (Å²) in [7, 11) is 0. The van der Waals surface area contributed by atoms with Crippen LogP contribution in [-0.2, 0) is 52.5 Å². The molecule has 5 amide bonds. The number of carbonyl (C=O) groups is 7. The Bertz CT molecular complexity index is 2150. The maximum atomic E-state index is 14.5. The van der Waals surface area contributed by atoms with Gasteiger partial charge in [0.05, 0.1) is 23.3 Å². The molecule has 3 atom stereocenters. The second-order valence-corrected chi connectivity index (χ2v) is 23.9. The van der Waals surface area contributed by atoms with Crippen molar-refractivity contribution in [1.29, 1.82) is 0 Å². The van der Waals surface area contributed by atoms with Gasteiger partial charge in [-0.05, 0) is 159 Å². The topological polar surface area (TPSA) is 226 Å². The smallest absolute Gasteiger partial charge is 0.407 e. The summed E-state index contributed by atoms with van der Waals surface area (Å²) in [6, 6.07) is 11.4. The second kappa shape index (κ2) is 25.4. The summed E-state index contributed by atoms with van der Waals surface area (Å²) < 4.78 is 28.6. The van der Waals surface area contributed by atoms with Crippen LogP contribution >= 0.6 is 0 Å². The lowest BCUT2D eigenvalue weighted by atomic mass is 9.98. The van der Waals surface area contributed by atoms with Crippen molar-refractivity contribution in [1.82, 2.24) is 26.6 Å². The number of benzene rings is 2. The first-order chi connectivity index (χ1) is 33.0. The van der Waals surface area contributed by atoms with Gasteiger partial charge in [-0.3, -0.25) is 28.8 Å². The molecule has 5 N–H and O–H groups in total. The summed E-state index contributed by atoms with van der Waals surface area (Å²) in [6.07, 6.45) is -2.04. The average Bonchev–Trinajstić information content (AvgIpc) is 3.54. The molecule has 1 aliphatic rings. The summed E-state index contributed by atoms with van der Waals surface area (Å²) in [4.78, 5) is 96.3. The van der Waals surface area contributed by atoms with Crippen molar-refractivity contribution in [3.63, 3.8) is 0 Å². The van der Waals surface area contributed by atoms with Crippen LogP contribution in [0.4, 0.5) is 4.79 Å². The lowest BCUT2D eigenvalue weighted by molar-refractivity contribution is -0.156. The Labute approximate surface area is 428 Å². The number of rotatable bonds is 24. The first-order valence-electron chi connectivity index (χ1n) is 25.1. The van der Waals surface area contributed by atoms with E-state index in [-0.39, 0.29) is 57.7 Å². The third-order valence-corrected chi connectivity index (χ3v) is 11.1. The zero-order chi connectivity index (χ0) is 54.5. The van der Waals surface area contributed by atoms with Crippen LogP contribution in [0.5, 0.6) is 0 Å². The van der Waals surface area contributed by atoms with Gasteiger partial charge in [-0.1, -0.05) is 48.5 Å². The molecule has 2 aromatic carbocycles. The third-order valence-electron chi connectivity index (χ3n) is 11.1. The largest absolute Gasteiger partial charge is 0.460 e. The van der Waals surface area contributed by atoms with E-state index in [1.165, 1.54) is 0 Å². The minimum Gasteiger partial charge on any atom is -0.460 e. The van der Waals surface area contributed by atoms with Gasteiger partial charge in [0.25, 0.3) is 0 Å². The van der Waals surface area contributed by atoms with Crippen LogP contribution in [0.2, 0.25) is 0 Å². The molecule has 0 aliphatic heterocycles. The Morgan fingerprint density at radius 1 is 0.500 bits per heavy atom. The quantitative estimate of drug-likeness (QED) is 0.0504. The van der Waals surface area contributed by atoms with Crippen LogP contribution in [-0.4, -0.2) is 113 Å². The number of amides is 5. The van der Waals surface area contributed by atoms with Crippen molar-refractivity contribution in [3.05, 3.63) is 59.7 Å². The van der Waals surface area contributed by atoms with Crippen LogP contribution in [0.1, 0.15) is 173 Å². The number of esters is 2. The Balaban J connectivity index is 1.93. The molecule has 0 spiro atoms. The fraction of sp³-hybridized carbons (Fsp3) is 0.655. The SMILES string of the molecule is CC(C)(COC(C)(C)C)NC(=O)CC[C@H](NC(=O)[C@H](CCC(=O)OC(C)(C)C)NC(=O)[C@H](CCC(=O)OC(C)(C)C)NC(=O)OCC1c2ccccc2-c2ccccc21)C(=O)NC(C)(C)CCOC(C)(C)C. The standard InChI is InChI=1S/C55H85N5O12/c1-50(2,3)69-32-31-54(13,14)60-48(66)42(25-28-43(61)59-55(15,16)34-70-51(4,5)6)57-46(64)40(26-29-44(62)71-52(7,8)9)56-47(65)41(27-30-45(63)72-53(10,11)12)58-49(67)68-33-39-37-23-19-17-21-35(37)36-22-18-20-24-38(36)39/h17-24,39-42H,25-34H2,1-16H3,(H,56,65)(H,57,64)(H,58,67)(H,59,61)(H,60,66)/t40-,41-,42-/m0/s1. The summed E-state index contributed by atoms with van der Waals surface area (Å²) in [5.74, 6) is -4.31. The van der Waals surface area contributed by atoms with E-state index in [0.717, 1.165) is 22.3 Å². The molecule has 0 heterocycles.